The summed E-state index contributed by atoms with van der Waals surface area (Å²) in [6.07, 6.45) is 1.35. The lowest BCUT2D eigenvalue weighted by Crippen LogP contribution is -2.49. The second kappa shape index (κ2) is 5.17. The molecule has 0 radical (unpaired) electrons. The van der Waals surface area contributed by atoms with Gasteiger partial charge >= 0.3 is 5.97 Å². The average Bonchev–Trinajstić information content (AvgIpc) is 2.78. The van der Waals surface area contributed by atoms with Gasteiger partial charge in [0.25, 0.3) is 0 Å². The third-order valence-electron chi connectivity index (χ3n) is 3.94. The summed E-state index contributed by atoms with van der Waals surface area (Å²) < 4.78 is 13.3. The van der Waals surface area contributed by atoms with Gasteiger partial charge in [-0.05, 0) is 44.5 Å². The minimum Gasteiger partial charge on any atom is -0.480 e. The molecule has 0 aliphatic carbocycles. The molecule has 0 spiro atoms. The zero-order chi connectivity index (χ0) is 14.0. The van der Waals surface area contributed by atoms with E-state index >= 15 is 0 Å². The Bertz CT molecular complexity index is 492. The number of aliphatic carboxylic acids is 1. The molecule has 0 bridgehead atoms. The number of likely N-dealkylation sites (N-methyl/N-ethyl adjacent to an activating group) is 1. The molecule has 2 N–H and O–H groups in total. The number of nitrogens with one attached hydrogen (secondary N) is 1. The number of carboxylic acid groups (broad SMARTS) is 1. The molecule has 19 heavy (non-hydrogen) atoms. The van der Waals surface area contributed by atoms with Crippen molar-refractivity contribution in [3.05, 3.63) is 29.6 Å². The quantitative estimate of drug-likeness (QED) is 0.850. The van der Waals surface area contributed by atoms with Crippen molar-refractivity contribution >= 4 is 11.7 Å². The maximum atomic E-state index is 13.3. The minimum absolute atomic E-state index is 0.250. The number of hydrogen-bond donors (Lipinski definition) is 2. The van der Waals surface area contributed by atoms with Gasteiger partial charge in [0.1, 0.15) is 11.4 Å². The van der Waals surface area contributed by atoms with Crippen molar-refractivity contribution < 1.29 is 14.3 Å². The molecule has 1 atom stereocenters. The van der Waals surface area contributed by atoms with Crippen molar-refractivity contribution in [2.24, 2.45) is 0 Å². The molecule has 5 heteroatoms. The predicted octanol–water partition coefficient (Wildman–Crippen LogP) is 1.64. The minimum atomic E-state index is -0.948. The molecule has 1 heterocycles. The zero-order valence-electron chi connectivity index (χ0n) is 11.2. The highest BCUT2D eigenvalue weighted by molar-refractivity contribution is 5.78. The number of rotatable bonds is 5. The van der Waals surface area contributed by atoms with E-state index in [9.17, 15) is 14.3 Å². The van der Waals surface area contributed by atoms with E-state index in [0.717, 1.165) is 24.2 Å². The van der Waals surface area contributed by atoms with Gasteiger partial charge in [0, 0.05) is 18.8 Å². The van der Waals surface area contributed by atoms with Gasteiger partial charge in [0.05, 0.1) is 0 Å². The third-order valence-corrected chi connectivity index (χ3v) is 3.94. The zero-order valence-corrected chi connectivity index (χ0v) is 11.2. The van der Waals surface area contributed by atoms with Crippen molar-refractivity contribution in [3.8, 4) is 0 Å². The van der Waals surface area contributed by atoms with E-state index < -0.39 is 11.5 Å². The molecule has 4 nitrogen and oxygen atoms in total. The Balaban J connectivity index is 2.07. The van der Waals surface area contributed by atoms with E-state index in [2.05, 4.69) is 10.2 Å². The average molecular weight is 266 g/mol. The Morgan fingerprint density at radius 1 is 1.58 bits per heavy atom. The van der Waals surface area contributed by atoms with Crippen LogP contribution in [0, 0.1) is 5.82 Å². The Labute approximate surface area is 112 Å². The van der Waals surface area contributed by atoms with Gasteiger partial charge in [-0.25, -0.2) is 4.39 Å². The van der Waals surface area contributed by atoms with Gasteiger partial charge in [0.15, 0.2) is 0 Å². The molecular formula is C14H19FN2O2. The van der Waals surface area contributed by atoms with Crippen molar-refractivity contribution in [1.82, 2.24) is 5.32 Å². The predicted molar refractivity (Wildman–Crippen MR) is 72.0 cm³/mol. The van der Waals surface area contributed by atoms with E-state index in [1.54, 1.807) is 20.0 Å². The van der Waals surface area contributed by atoms with E-state index in [1.807, 2.05) is 0 Å². The number of carboxylic acids is 1. The molecule has 0 amide bonds. The highest BCUT2D eigenvalue weighted by Gasteiger charge is 2.32. The van der Waals surface area contributed by atoms with E-state index in [-0.39, 0.29) is 5.82 Å². The van der Waals surface area contributed by atoms with Gasteiger partial charge in [-0.3, -0.25) is 4.79 Å². The first kappa shape index (κ1) is 13.8. The first-order valence-corrected chi connectivity index (χ1v) is 6.42. The number of halogens is 1. The number of carbonyl (C=O) groups is 1. The molecule has 1 unspecified atom stereocenters. The van der Waals surface area contributed by atoms with E-state index in [0.29, 0.717) is 13.0 Å². The smallest absolute Gasteiger partial charge is 0.323 e. The fourth-order valence-electron chi connectivity index (χ4n) is 2.35. The van der Waals surface area contributed by atoms with Gasteiger partial charge in [-0.15, -0.1) is 0 Å². The van der Waals surface area contributed by atoms with Gasteiger partial charge in [-0.2, -0.15) is 0 Å². The van der Waals surface area contributed by atoms with Crippen LogP contribution in [0.5, 0.6) is 0 Å². The summed E-state index contributed by atoms with van der Waals surface area (Å²) in [5.41, 5.74) is 1.07. The van der Waals surface area contributed by atoms with Crippen LogP contribution in [0.2, 0.25) is 0 Å². The molecule has 1 aromatic rings. The highest BCUT2D eigenvalue weighted by atomic mass is 19.1. The maximum absolute atomic E-state index is 13.3. The van der Waals surface area contributed by atoms with Crippen LogP contribution in [0.25, 0.3) is 0 Å². The highest BCUT2D eigenvalue weighted by Crippen LogP contribution is 2.29. The monoisotopic (exact) mass is 266 g/mol. The molecule has 1 aliphatic rings. The molecule has 0 aromatic heterocycles. The Morgan fingerprint density at radius 2 is 2.32 bits per heavy atom. The second-order valence-electron chi connectivity index (χ2n) is 5.15. The number of benzene rings is 1. The van der Waals surface area contributed by atoms with Crippen LogP contribution in [0.3, 0.4) is 0 Å². The van der Waals surface area contributed by atoms with Crippen LogP contribution in [0.1, 0.15) is 18.9 Å². The van der Waals surface area contributed by atoms with E-state index in [4.69, 9.17) is 0 Å². The molecule has 1 aliphatic heterocycles. The lowest BCUT2D eigenvalue weighted by Gasteiger charge is -2.28. The Morgan fingerprint density at radius 3 is 2.95 bits per heavy atom. The van der Waals surface area contributed by atoms with Gasteiger partial charge < -0.3 is 15.3 Å². The summed E-state index contributed by atoms with van der Waals surface area (Å²) >= 11 is 0. The SMILES string of the molecule is CNC(C)(CCN1CCc2ccc(F)cc21)C(=O)O. The second-order valence-corrected chi connectivity index (χ2v) is 5.15. The summed E-state index contributed by atoms with van der Waals surface area (Å²) in [7, 11) is 1.64. The molecule has 0 saturated heterocycles. The largest absolute Gasteiger partial charge is 0.480 e. The summed E-state index contributed by atoms with van der Waals surface area (Å²) in [6.45, 7) is 3.08. The molecule has 104 valence electrons. The first-order valence-electron chi connectivity index (χ1n) is 6.42. The molecule has 0 fully saturated rings. The summed E-state index contributed by atoms with van der Waals surface area (Å²) in [5.74, 6) is -1.12. The third kappa shape index (κ3) is 2.71. The van der Waals surface area contributed by atoms with Crippen molar-refractivity contribution in [2.45, 2.75) is 25.3 Å². The van der Waals surface area contributed by atoms with Gasteiger partial charge in [0.2, 0.25) is 0 Å². The number of hydrogen-bond acceptors (Lipinski definition) is 3. The lowest BCUT2D eigenvalue weighted by atomic mass is 9.98. The lowest BCUT2D eigenvalue weighted by molar-refractivity contribution is -0.144. The summed E-state index contributed by atoms with van der Waals surface area (Å²) in [5, 5.41) is 12.0. The first-order chi connectivity index (χ1) is 8.96. The molecule has 2 rings (SSSR count). The maximum Gasteiger partial charge on any atom is 0.323 e. The van der Waals surface area contributed by atoms with Crippen LogP contribution < -0.4 is 10.2 Å². The summed E-state index contributed by atoms with van der Waals surface area (Å²) in [4.78, 5) is 13.3. The summed E-state index contributed by atoms with van der Waals surface area (Å²) in [6, 6.07) is 4.80. The molecular weight excluding hydrogens is 247 g/mol. The topological polar surface area (TPSA) is 52.6 Å². The van der Waals surface area contributed by atoms with Crippen LogP contribution in [-0.2, 0) is 11.2 Å². The standard InChI is InChI=1S/C14H19FN2O2/c1-14(16-2,13(18)19)6-8-17-7-5-10-3-4-11(15)9-12(10)17/h3-4,9,16H,5-8H2,1-2H3,(H,18,19). The van der Waals surface area contributed by atoms with E-state index in [1.165, 1.54) is 12.1 Å². The fraction of sp³-hybridized carbons (Fsp3) is 0.500. The molecule has 1 aromatic carbocycles. The Hall–Kier alpha value is -1.62. The van der Waals surface area contributed by atoms with Crippen molar-refractivity contribution in [3.63, 3.8) is 0 Å². The van der Waals surface area contributed by atoms with Gasteiger partial charge in [-0.1, -0.05) is 6.07 Å². The number of fused-ring (bicyclic) bond motifs is 1. The van der Waals surface area contributed by atoms with Crippen LogP contribution in [0.4, 0.5) is 10.1 Å². The van der Waals surface area contributed by atoms with Crippen LogP contribution in [0.15, 0.2) is 18.2 Å². The number of anilines is 1. The fourth-order valence-corrected chi connectivity index (χ4v) is 2.35. The number of nitrogens with zero attached hydrogens (tertiary/aromatic N) is 1. The normalized spacial score (nSPS) is 17.1. The Kier molecular flexibility index (Phi) is 3.75. The van der Waals surface area contributed by atoms with Crippen molar-refractivity contribution in [2.75, 3.05) is 25.0 Å². The van der Waals surface area contributed by atoms with Crippen LogP contribution >= 0.6 is 0 Å². The molecule has 0 saturated carbocycles. The van der Waals surface area contributed by atoms with Crippen molar-refractivity contribution in [1.29, 1.82) is 0 Å². The van der Waals surface area contributed by atoms with Crippen LogP contribution in [-0.4, -0.2) is 36.8 Å².